The van der Waals surface area contributed by atoms with Crippen LogP contribution in [0.5, 0.6) is 11.5 Å². The summed E-state index contributed by atoms with van der Waals surface area (Å²) in [5.74, 6) is 1.85. The number of nitrogens with zero attached hydrogens (tertiary/aromatic N) is 4. The highest BCUT2D eigenvalue weighted by molar-refractivity contribution is 5.92. The maximum absolute atomic E-state index is 12.2. The summed E-state index contributed by atoms with van der Waals surface area (Å²) in [7, 11) is 0. The van der Waals surface area contributed by atoms with Gasteiger partial charge in [0.25, 0.3) is 5.91 Å². The fraction of sp³-hybridized carbons (Fsp3) is 0.300. The molecule has 1 fully saturated rings. The minimum atomic E-state index is -0.243. The summed E-state index contributed by atoms with van der Waals surface area (Å²) in [6.45, 7) is 2.45. The molecule has 8 nitrogen and oxygen atoms in total. The molecule has 1 amide bonds. The molecule has 0 radical (unpaired) electrons. The van der Waals surface area contributed by atoms with Crippen LogP contribution in [-0.2, 0) is 4.79 Å². The van der Waals surface area contributed by atoms with Crippen molar-refractivity contribution >= 4 is 11.6 Å². The van der Waals surface area contributed by atoms with Gasteiger partial charge in [-0.15, -0.1) is 5.10 Å². The predicted octanol–water partition coefficient (Wildman–Crippen LogP) is 3.09. The van der Waals surface area contributed by atoms with Crippen LogP contribution in [0.15, 0.2) is 48.5 Å². The van der Waals surface area contributed by atoms with Gasteiger partial charge in [0.2, 0.25) is 0 Å². The van der Waals surface area contributed by atoms with Gasteiger partial charge >= 0.3 is 0 Å². The van der Waals surface area contributed by atoms with Crippen molar-refractivity contribution in [2.75, 3.05) is 18.5 Å². The highest BCUT2D eigenvalue weighted by Crippen LogP contribution is 2.36. The topological polar surface area (TPSA) is 91.2 Å². The first-order chi connectivity index (χ1) is 13.7. The third kappa shape index (κ3) is 4.28. The normalized spacial score (nSPS) is 13.2. The quantitative estimate of drug-likeness (QED) is 0.647. The molecule has 0 bridgehead atoms. The molecule has 0 unspecified atom stereocenters. The van der Waals surface area contributed by atoms with Gasteiger partial charge in [0.05, 0.1) is 12.6 Å². The zero-order valence-corrected chi connectivity index (χ0v) is 15.5. The second kappa shape index (κ2) is 8.08. The number of amides is 1. The van der Waals surface area contributed by atoms with E-state index in [1.807, 2.05) is 48.0 Å². The number of aromatic nitrogens is 4. The molecule has 3 aromatic rings. The lowest BCUT2D eigenvalue weighted by Crippen LogP contribution is -2.20. The number of carbonyl (C=O) groups is 1. The van der Waals surface area contributed by atoms with Crippen LogP contribution in [0.4, 0.5) is 5.69 Å². The van der Waals surface area contributed by atoms with E-state index in [2.05, 4.69) is 20.8 Å². The molecule has 28 heavy (non-hydrogen) atoms. The Morgan fingerprint density at radius 3 is 2.61 bits per heavy atom. The monoisotopic (exact) mass is 379 g/mol. The van der Waals surface area contributed by atoms with Gasteiger partial charge < -0.3 is 14.8 Å². The van der Waals surface area contributed by atoms with Crippen molar-refractivity contribution in [2.24, 2.45) is 0 Å². The van der Waals surface area contributed by atoms with Gasteiger partial charge in [-0.05, 0) is 66.6 Å². The molecule has 0 aliphatic heterocycles. The summed E-state index contributed by atoms with van der Waals surface area (Å²) in [6, 6.07) is 15.0. The summed E-state index contributed by atoms with van der Waals surface area (Å²) < 4.78 is 12.8. The molecule has 1 N–H and O–H groups in total. The SMILES string of the molecule is CCOc1ccc(OCC(=O)Nc2cccc(-c3nnnn3C3CC3)c2)cc1. The second-order valence-corrected chi connectivity index (χ2v) is 6.50. The molecular formula is C20H21N5O3. The van der Waals surface area contributed by atoms with E-state index in [0.29, 0.717) is 29.9 Å². The Bertz CT molecular complexity index is 950. The molecule has 0 spiro atoms. The molecule has 1 heterocycles. The van der Waals surface area contributed by atoms with Gasteiger partial charge in [0, 0.05) is 11.3 Å². The maximum Gasteiger partial charge on any atom is 0.262 e. The van der Waals surface area contributed by atoms with Crippen molar-refractivity contribution in [3.05, 3.63) is 48.5 Å². The van der Waals surface area contributed by atoms with Gasteiger partial charge in [0.15, 0.2) is 12.4 Å². The Hall–Kier alpha value is -3.42. The molecular weight excluding hydrogens is 358 g/mol. The number of tetrazole rings is 1. The first kappa shape index (κ1) is 18.0. The lowest BCUT2D eigenvalue weighted by molar-refractivity contribution is -0.118. The van der Waals surface area contributed by atoms with Gasteiger partial charge in [0.1, 0.15) is 11.5 Å². The van der Waals surface area contributed by atoms with Crippen molar-refractivity contribution in [1.29, 1.82) is 0 Å². The van der Waals surface area contributed by atoms with Crippen LogP contribution >= 0.6 is 0 Å². The van der Waals surface area contributed by atoms with E-state index in [1.165, 1.54) is 0 Å². The van der Waals surface area contributed by atoms with Crippen LogP contribution in [0.1, 0.15) is 25.8 Å². The third-order valence-electron chi connectivity index (χ3n) is 4.29. The average molecular weight is 379 g/mol. The summed E-state index contributed by atoms with van der Waals surface area (Å²) in [5, 5.41) is 14.8. The number of carbonyl (C=O) groups excluding carboxylic acids is 1. The molecule has 2 aromatic carbocycles. The van der Waals surface area contributed by atoms with Crippen molar-refractivity contribution in [3.63, 3.8) is 0 Å². The number of rotatable bonds is 8. The van der Waals surface area contributed by atoms with Crippen LogP contribution in [0.2, 0.25) is 0 Å². The van der Waals surface area contributed by atoms with Crippen LogP contribution in [-0.4, -0.2) is 39.3 Å². The van der Waals surface area contributed by atoms with Crippen molar-refractivity contribution in [1.82, 2.24) is 20.2 Å². The molecule has 144 valence electrons. The van der Waals surface area contributed by atoms with Crippen LogP contribution < -0.4 is 14.8 Å². The lowest BCUT2D eigenvalue weighted by atomic mass is 10.2. The summed E-state index contributed by atoms with van der Waals surface area (Å²) in [5.41, 5.74) is 1.53. The average Bonchev–Trinajstić information content (AvgIpc) is 3.44. The minimum Gasteiger partial charge on any atom is -0.494 e. The number of ether oxygens (including phenoxy) is 2. The van der Waals surface area contributed by atoms with E-state index < -0.39 is 0 Å². The summed E-state index contributed by atoms with van der Waals surface area (Å²) in [6.07, 6.45) is 2.19. The number of benzene rings is 2. The van der Waals surface area contributed by atoms with E-state index in [0.717, 1.165) is 24.2 Å². The zero-order chi connectivity index (χ0) is 19.3. The van der Waals surface area contributed by atoms with Gasteiger partial charge in [-0.25, -0.2) is 4.68 Å². The number of anilines is 1. The Morgan fingerprint density at radius 1 is 1.14 bits per heavy atom. The van der Waals surface area contributed by atoms with Crippen LogP contribution in [0.25, 0.3) is 11.4 Å². The Morgan fingerprint density at radius 2 is 1.89 bits per heavy atom. The molecule has 1 aliphatic rings. The van der Waals surface area contributed by atoms with E-state index in [9.17, 15) is 4.79 Å². The van der Waals surface area contributed by atoms with Gasteiger partial charge in [-0.2, -0.15) is 0 Å². The lowest BCUT2D eigenvalue weighted by Gasteiger charge is -2.09. The number of nitrogens with one attached hydrogen (secondary N) is 1. The highest BCUT2D eigenvalue weighted by atomic mass is 16.5. The summed E-state index contributed by atoms with van der Waals surface area (Å²) >= 11 is 0. The maximum atomic E-state index is 12.2. The molecule has 0 saturated heterocycles. The molecule has 1 saturated carbocycles. The minimum absolute atomic E-state index is 0.0853. The molecule has 1 aliphatic carbocycles. The van der Waals surface area contributed by atoms with E-state index in [1.54, 1.807) is 12.1 Å². The molecule has 0 atom stereocenters. The second-order valence-electron chi connectivity index (χ2n) is 6.50. The van der Waals surface area contributed by atoms with Crippen molar-refractivity contribution in [2.45, 2.75) is 25.8 Å². The largest absolute Gasteiger partial charge is 0.494 e. The van der Waals surface area contributed by atoms with Crippen LogP contribution in [0, 0.1) is 0 Å². The fourth-order valence-corrected chi connectivity index (χ4v) is 2.83. The Kier molecular flexibility index (Phi) is 5.18. The molecule has 4 rings (SSSR count). The van der Waals surface area contributed by atoms with Crippen molar-refractivity contribution < 1.29 is 14.3 Å². The fourth-order valence-electron chi connectivity index (χ4n) is 2.83. The molecule has 8 heteroatoms. The first-order valence-electron chi connectivity index (χ1n) is 9.27. The molecule has 1 aromatic heterocycles. The Balaban J connectivity index is 1.36. The Labute approximate surface area is 162 Å². The van der Waals surface area contributed by atoms with E-state index >= 15 is 0 Å². The van der Waals surface area contributed by atoms with Gasteiger partial charge in [-0.3, -0.25) is 4.79 Å². The van der Waals surface area contributed by atoms with E-state index in [-0.39, 0.29) is 12.5 Å². The standard InChI is InChI=1S/C20H21N5O3/c1-2-27-17-8-10-18(11-9-17)28-13-19(26)21-15-5-3-4-14(12-15)20-22-23-24-25(20)16-6-7-16/h3-5,8-12,16H,2,6-7,13H2,1H3,(H,21,26). The number of hydrogen-bond donors (Lipinski definition) is 1. The van der Waals surface area contributed by atoms with Gasteiger partial charge in [-0.1, -0.05) is 12.1 Å². The summed E-state index contributed by atoms with van der Waals surface area (Å²) in [4.78, 5) is 12.2. The predicted molar refractivity (Wildman–Crippen MR) is 103 cm³/mol. The smallest absolute Gasteiger partial charge is 0.262 e. The zero-order valence-electron chi connectivity index (χ0n) is 15.5. The third-order valence-corrected chi connectivity index (χ3v) is 4.29. The van der Waals surface area contributed by atoms with E-state index in [4.69, 9.17) is 9.47 Å². The number of hydrogen-bond acceptors (Lipinski definition) is 6. The van der Waals surface area contributed by atoms with Crippen LogP contribution in [0.3, 0.4) is 0 Å². The van der Waals surface area contributed by atoms with Crippen molar-refractivity contribution in [3.8, 4) is 22.9 Å². The highest BCUT2D eigenvalue weighted by Gasteiger charge is 2.28. The first-order valence-corrected chi connectivity index (χ1v) is 9.27.